The molecule has 0 fully saturated rings. The van der Waals surface area contributed by atoms with Crippen LogP contribution in [0.3, 0.4) is 0 Å². The van der Waals surface area contributed by atoms with Gasteiger partial charge >= 0.3 is 7.60 Å². The molecule has 0 aliphatic rings. The number of hydrogen-bond acceptors (Lipinski definition) is 23. The lowest BCUT2D eigenvalue weighted by molar-refractivity contribution is -0.133. The van der Waals surface area contributed by atoms with Gasteiger partial charge in [-0.05, 0) is 89.9 Å². The van der Waals surface area contributed by atoms with E-state index in [9.17, 15) is 67.3 Å². The standard InChI is InChI=1S/C72H139N14O21P/c1-3-4-5-6-7-8-9-10-11-12-13-14-16-31-62(88)76-39-24-19-28-59(70(96)83-43-23-18-27-58(56-87)57-107-108(2,99)100)84-68(94)32-17-15-22-42-82-71(97)60(29-20-25-40-77-63(89)33-35-65(91)79-44-47-101-50-53-104-73)86-72(98)61(85-69(95)38-37-67(93)81-46-49-103-52-55-106-75)30-21-26-41-78-64(90)34-36-66(92)80-45-48-102-51-54-105-74/h58-61,87H,3-57,73-75H2,1-2H3,(H,76,88)(H,77,89)(H,78,90)(H,79,91)(H,80,92)(H,81,93)(H,82,97)(H,83,96)(H,84,94)(H,85,95)(H,86,98)(H,99,100). The van der Waals surface area contributed by atoms with Crippen LogP contribution in [0.5, 0.6) is 0 Å². The van der Waals surface area contributed by atoms with Gasteiger partial charge < -0.3 is 102 Å². The summed E-state index contributed by atoms with van der Waals surface area (Å²) < 4.78 is 32.4. The van der Waals surface area contributed by atoms with Crippen molar-refractivity contribution in [1.82, 2.24) is 58.5 Å². The lowest BCUT2D eigenvalue weighted by atomic mass is 10.0. The number of nitrogens with one attached hydrogen (secondary N) is 11. The molecular formula is C72H139N14O21P. The second kappa shape index (κ2) is 72.5. The van der Waals surface area contributed by atoms with Crippen LogP contribution in [0.4, 0.5) is 0 Å². The van der Waals surface area contributed by atoms with Crippen LogP contribution in [0.15, 0.2) is 0 Å². The highest BCUT2D eigenvalue weighted by atomic mass is 31.2. The smallest absolute Gasteiger partial charge is 0.325 e. The summed E-state index contributed by atoms with van der Waals surface area (Å²) in [5.74, 6) is 10.1. The molecule has 0 bridgehead atoms. The predicted octanol–water partition coefficient (Wildman–Crippen LogP) is 2.59. The maximum absolute atomic E-state index is 14.3. The summed E-state index contributed by atoms with van der Waals surface area (Å²) in [6.07, 6.45) is 21.4. The van der Waals surface area contributed by atoms with Gasteiger partial charge in [0.05, 0.1) is 66.1 Å². The molecule has 36 heteroatoms. The van der Waals surface area contributed by atoms with E-state index in [0.29, 0.717) is 96.4 Å². The van der Waals surface area contributed by atoms with Crippen molar-refractivity contribution in [3.63, 3.8) is 0 Å². The number of rotatable bonds is 77. The molecule has 0 saturated carbocycles. The second-order valence-electron chi connectivity index (χ2n) is 26.9. The van der Waals surface area contributed by atoms with E-state index < -0.39 is 49.4 Å². The van der Waals surface area contributed by atoms with E-state index in [1.54, 1.807) is 0 Å². The van der Waals surface area contributed by atoms with E-state index >= 15 is 0 Å². The van der Waals surface area contributed by atoms with E-state index in [-0.39, 0.29) is 224 Å². The largest absolute Gasteiger partial charge is 0.396 e. The van der Waals surface area contributed by atoms with E-state index in [4.69, 9.17) is 36.4 Å². The van der Waals surface area contributed by atoms with Crippen molar-refractivity contribution >= 4 is 72.6 Å². The maximum Gasteiger partial charge on any atom is 0.325 e. The predicted molar refractivity (Wildman–Crippen MR) is 407 cm³/mol. The summed E-state index contributed by atoms with van der Waals surface area (Å²) in [6.45, 7) is 6.71. The number of unbranched alkanes of at least 4 members (excludes halogenated alkanes) is 18. The molecule has 11 amide bonds. The van der Waals surface area contributed by atoms with Crippen LogP contribution in [-0.2, 0) is 90.6 Å². The molecule has 0 heterocycles. The second-order valence-corrected chi connectivity index (χ2v) is 28.7. The minimum absolute atomic E-state index is 0.0145. The highest BCUT2D eigenvalue weighted by Gasteiger charge is 2.28. The first-order chi connectivity index (χ1) is 52.2. The van der Waals surface area contributed by atoms with Gasteiger partial charge in [-0.3, -0.25) is 57.3 Å². The molecule has 0 aromatic rings. The van der Waals surface area contributed by atoms with Crippen LogP contribution < -0.4 is 76.2 Å². The first kappa shape index (κ1) is 102. The van der Waals surface area contributed by atoms with Crippen molar-refractivity contribution in [2.75, 3.05) is 132 Å². The number of hydrogen-bond donors (Lipinski definition) is 16. The van der Waals surface area contributed by atoms with Crippen molar-refractivity contribution in [3.05, 3.63) is 0 Å². The first-order valence-electron chi connectivity index (χ1n) is 39.5. The summed E-state index contributed by atoms with van der Waals surface area (Å²) in [4.78, 5) is 167. The van der Waals surface area contributed by atoms with Crippen LogP contribution in [0.25, 0.3) is 0 Å². The van der Waals surface area contributed by atoms with E-state index in [0.717, 1.165) is 25.9 Å². The third-order valence-electron chi connectivity index (χ3n) is 17.2. The van der Waals surface area contributed by atoms with E-state index in [2.05, 4.69) is 79.9 Å². The Morgan fingerprint density at radius 1 is 0.324 bits per heavy atom. The van der Waals surface area contributed by atoms with Gasteiger partial charge in [-0.1, -0.05) is 96.8 Å². The number of aliphatic hydroxyl groups excluding tert-OH is 1. The van der Waals surface area contributed by atoms with Crippen molar-refractivity contribution in [2.24, 2.45) is 23.6 Å². The molecule has 5 unspecified atom stereocenters. The molecule has 0 rings (SSSR count). The van der Waals surface area contributed by atoms with Crippen LogP contribution in [0.1, 0.15) is 238 Å². The van der Waals surface area contributed by atoms with Crippen LogP contribution in [0, 0.1) is 5.92 Å². The van der Waals surface area contributed by atoms with Crippen molar-refractivity contribution in [3.8, 4) is 0 Å². The summed E-state index contributed by atoms with van der Waals surface area (Å²) >= 11 is 0. The number of amides is 11. The number of aliphatic hydroxyl groups is 1. The molecule has 0 aliphatic heterocycles. The van der Waals surface area contributed by atoms with Gasteiger partial charge in [-0.15, -0.1) is 0 Å². The molecule has 5 atom stereocenters. The lowest BCUT2D eigenvalue weighted by Gasteiger charge is -2.23. The lowest BCUT2D eigenvalue weighted by Crippen LogP contribution is -2.54. The highest BCUT2D eigenvalue weighted by Crippen LogP contribution is 2.37. The molecule has 0 aliphatic carbocycles. The zero-order valence-electron chi connectivity index (χ0n) is 65.0. The Bertz CT molecular complexity index is 2440. The molecule has 19 N–H and O–H groups in total. The molecule has 0 aromatic heterocycles. The van der Waals surface area contributed by atoms with Crippen LogP contribution >= 0.6 is 7.60 Å². The molecule has 0 saturated heterocycles. The fourth-order valence-corrected chi connectivity index (χ4v) is 11.4. The van der Waals surface area contributed by atoms with Crippen molar-refractivity contribution in [1.29, 1.82) is 0 Å². The molecule has 0 spiro atoms. The average Bonchev–Trinajstić information content (AvgIpc) is 0.884. The Morgan fingerprint density at radius 2 is 0.611 bits per heavy atom. The monoisotopic (exact) mass is 1570 g/mol. The van der Waals surface area contributed by atoms with Gasteiger partial charge in [0.2, 0.25) is 65.0 Å². The van der Waals surface area contributed by atoms with Gasteiger partial charge in [-0.2, -0.15) is 0 Å². The molecule has 35 nitrogen and oxygen atoms in total. The third-order valence-corrected chi connectivity index (χ3v) is 17.8. The van der Waals surface area contributed by atoms with Gasteiger partial charge in [-0.25, -0.2) is 17.7 Å². The summed E-state index contributed by atoms with van der Waals surface area (Å²) in [7, 11) is -3.72. The van der Waals surface area contributed by atoms with Gasteiger partial charge in [0.25, 0.3) is 0 Å². The molecule has 108 heavy (non-hydrogen) atoms. The Morgan fingerprint density at radius 3 is 0.981 bits per heavy atom. The average molecular weight is 1570 g/mol. The van der Waals surface area contributed by atoms with E-state index in [1.165, 1.54) is 64.2 Å². The topological polar surface area (TPSA) is 520 Å². The fourth-order valence-electron chi connectivity index (χ4n) is 10.9. The fraction of sp³-hybridized carbons (Fsp3) is 0.847. The van der Waals surface area contributed by atoms with Crippen molar-refractivity contribution < 1.29 is 101 Å². The SMILES string of the molecule is CCCCCCCCCCCCCCCC(=O)NCCCCC(NC(=O)CCCCCNC(=O)C(CCCCNC(=O)CCC(=O)NCCOCCON)NC(=O)C(CCCCNC(=O)CCC(=O)NCCOCCON)NC(=O)CCC(=O)NCCOCCON)C(=O)NCCCCC(CO)COP(C)(=O)O. The Kier molecular flexibility index (Phi) is 68.4. The number of ether oxygens (including phenoxy) is 3. The first-order valence-corrected chi connectivity index (χ1v) is 41.5. The van der Waals surface area contributed by atoms with E-state index in [1.807, 2.05) is 0 Å². The number of carbonyl (C=O) groups excluding carboxylic acids is 11. The Hall–Kier alpha value is -6.08. The zero-order chi connectivity index (χ0) is 79.8. The normalized spacial score (nSPS) is 12.8. The third kappa shape index (κ3) is 66.9. The minimum atomic E-state index is -3.72. The summed E-state index contributed by atoms with van der Waals surface area (Å²) in [6, 6.07) is -3.20. The highest BCUT2D eigenvalue weighted by molar-refractivity contribution is 7.51. The molecule has 628 valence electrons. The van der Waals surface area contributed by atoms with Gasteiger partial charge in [0.1, 0.15) is 18.1 Å². The van der Waals surface area contributed by atoms with Crippen LogP contribution in [0.2, 0.25) is 0 Å². The molecular weight excluding hydrogens is 1430 g/mol. The van der Waals surface area contributed by atoms with Gasteiger partial charge in [0, 0.05) is 123 Å². The Labute approximate surface area is 640 Å². The maximum atomic E-state index is 14.3. The number of carbonyl (C=O) groups is 11. The van der Waals surface area contributed by atoms with Gasteiger partial charge in [0.15, 0.2) is 0 Å². The minimum Gasteiger partial charge on any atom is -0.396 e. The summed E-state index contributed by atoms with van der Waals surface area (Å²) in [5, 5.41) is 40.4. The quantitative estimate of drug-likeness (QED) is 0.0236. The number of nitrogens with two attached hydrogens (primary N) is 3. The van der Waals surface area contributed by atoms with Crippen LogP contribution in [-0.4, -0.2) is 225 Å². The Balaban J connectivity index is 6.01. The zero-order valence-corrected chi connectivity index (χ0v) is 65.9. The molecule has 0 aromatic carbocycles. The molecule has 0 radical (unpaired) electrons. The summed E-state index contributed by atoms with van der Waals surface area (Å²) in [5.41, 5.74) is 0. The van der Waals surface area contributed by atoms with Crippen molar-refractivity contribution in [2.45, 2.75) is 256 Å².